The molecular weight excluding hydrogens is 403 g/mol. The molecule has 0 aromatic heterocycles. The highest BCUT2D eigenvalue weighted by atomic mass is 35.5. The van der Waals surface area contributed by atoms with E-state index in [1.807, 2.05) is 6.07 Å². The number of fused-ring (bicyclic) bond motifs is 1. The fraction of sp³-hybridized carbons (Fsp3) is 0.500. The lowest BCUT2D eigenvalue weighted by atomic mass is 9.45. The van der Waals surface area contributed by atoms with Gasteiger partial charge < -0.3 is 15.3 Å². The molecule has 0 amide bonds. The third-order valence-corrected chi connectivity index (χ3v) is 8.71. The highest BCUT2D eigenvalue weighted by Gasteiger charge is 2.60. The number of rotatable bonds is 2. The first-order chi connectivity index (χ1) is 13.8. The van der Waals surface area contributed by atoms with Crippen molar-refractivity contribution in [2.75, 3.05) is 18.9 Å². The molecule has 3 nitrogen and oxygen atoms in total. The van der Waals surface area contributed by atoms with E-state index in [1.165, 1.54) is 43.2 Å². The molecule has 1 saturated heterocycles. The molecule has 0 unspecified atom stereocenters. The zero-order valence-electron chi connectivity index (χ0n) is 17.1. The number of likely N-dealkylation sites (tertiary alicyclic amines) is 1. The van der Waals surface area contributed by atoms with Crippen LogP contribution in [-0.4, -0.2) is 29.6 Å². The summed E-state index contributed by atoms with van der Waals surface area (Å²) in [5, 5.41) is 15.5. The first-order valence-electron chi connectivity index (χ1n) is 10.6. The van der Waals surface area contributed by atoms with Crippen molar-refractivity contribution in [1.29, 1.82) is 0 Å². The van der Waals surface area contributed by atoms with Crippen LogP contribution in [-0.2, 0) is 11.8 Å². The number of hydrogen-bond acceptors (Lipinski definition) is 3. The molecule has 3 aliphatic rings. The van der Waals surface area contributed by atoms with Crippen LogP contribution in [0, 0.1) is 5.41 Å². The number of halogens is 2. The quantitative estimate of drug-likeness (QED) is 0.532. The average Bonchev–Trinajstić information content (AvgIpc) is 2.69. The maximum absolute atomic E-state index is 11.0. The van der Waals surface area contributed by atoms with Crippen molar-refractivity contribution in [3.63, 3.8) is 0 Å². The number of benzene rings is 2. The van der Waals surface area contributed by atoms with Gasteiger partial charge in [-0.1, -0.05) is 43.0 Å². The number of nitrogens with one attached hydrogen (secondary N) is 1. The molecule has 0 radical (unpaired) electrons. The topological polar surface area (TPSA) is 35.5 Å². The Kier molecular flexibility index (Phi) is 4.58. The Morgan fingerprint density at radius 1 is 1.07 bits per heavy atom. The van der Waals surface area contributed by atoms with Crippen molar-refractivity contribution in [2.45, 2.75) is 56.9 Å². The lowest BCUT2D eigenvalue weighted by molar-refractivity contribution is -0.0735. The van der Waals surface area contributed by atoms with Gasteiger partial charge in [-0.15, -0.1) is 0 Å². The van der Waals surface area contributed by atoms with Gasteiger partial charge >= 0.3 is 0 Å². The van der Waals surface area contributed by atoms with Crippen molar-refractivity contribution < 1.29 is 5.11 Å². The SMILES string of the molecule is CN1CC[C@@]23CCCC[C@]2(C)[C@@H]1Cc1cc(Nc2cc(Cl)ccc2Cl)c(O)cc13. The van der Waals surface area contributed by atoms with Gasteiger partial charge in [0.15, 0.2) is 0 Å². The van der Waals surface area contributed by atoms with Gasteiger partial charge in [0.05, 0.1) is 16.4 Å². The van der Waals surface area contributed by atoms with Gasteiger partial charge in [0.1, 0.15) is 5.75 Å². The Morgan fingerprint density at radius 2 is 1.86 bits per heavy atom. The van der Waals surface area contributed by atoms with Crippen LogP contribution in [0.2, 0.25) is 10.0 Å². The van der Waals surface area contributed by atoms with E-state index in [4.69, 9.17) is 23.2 Å². The Hall–Kier alpha value is -1.42. The molecule has 1 heterocycles. The molecule has 5 rings (SSSR count). The predicted octanol–water partition coefficient (Wildman–Crippen LogP) is 6.52. The number of nitrogens with zero attached hydrogens (tertiary/aromatic N) is 1. The molecule has 2 N–H and O–H groups in total. The number of anilines is 2. The molecule has 2 fully saturated rings. The highest BCUT2D eigenvalue weighted by molar-refractivity contribution is 6.35. The van der Waals surface area contributed by atoms with Gasteiger partial charge in [-0.25, -0.2) is 0 Å². The third-order valence-electron chi connectivity index (χ3n) is 8.15. The minimum Gasteiger partial charge on any atom is -0.506 e. The first kappa shape index (κ1) is 19.5. The lowest BCUT2D eigenvalue weighted by Gasteiger charge is -2.65. The van der Waals surface area contributed by atoms with Crippen LogP contribution in [0.3, 0.4) is 0 Å². The minimum atomic E-state index is 0.180. The summed E-state index contributed by atoms with van der Waals surface area (Å²) >= 11 is 12.5. The number of phenols is 1. The van der Waals surface area contributed by atoms with Crippen LogP contribution < -0.4 is 5.32 Å². The van der Waals surface area contributed by atoms with Crippen molar-refractivity contribution in [1.82, 2.24) is 4.90 Å². The van der Waals surface area contributed by atoms with Crippen LogP contribution in [0.1, 0.15) is 50.2 Å². The second-order valence-corrected chi connectivity index (χ2v) is 10.3. The maximum atomic E-state index is 11.0. The molecule has 2 aromatic carbocycles. The van der Waals surface area contributed by atoms with E-state index in [1.54, 1.807) is 18.2 Å². The second kappa shape index (κ2) is 6.80. The molecule has 2 bridgehead atoms. The van der Waals surface area contributed by atoms with Crippen molar-refractivity contribution in [2.24, 2.45) is 5.41 Å². The van der Waals surface area contributed by atoms with Gasteiger partial charge in [-0.05, 0) is 86.1 Å². The van der Waals surface area contributed by atoms with Gasteiger partial charge in [-0.2, -0.15) is 0 Å². The lowest BCUT2D eigenvalue weighted by Crippen LogP contribution is -2.66. The largest absolute Gasteiger partial charge is 0.506 e. The molecular formula is C24H28Cl2N2O. The molecule has 154 valence electrons. The monoisotopic (exact) mass is 430 g/mol. The van der Waals surface area contributed by atoms with Gasteiger partial charge in [0.2, 0.25) is 0 Å². The Labute approximate surface area is 183 Å². The molecule has 3 atom stereocenters. The zero-order valence-corrected chi connectivity index (χ0v) is 18.6. The van der Waals surface area contributed by atoms with Crippen LogP contribution in [0.4, 0.5) is 11.4 Å². The molecule has 2 aliphatic carbocycles. The number of likely N-dealkylation sites (N-methyl/N-ethyl adjacent to an activating group) is 1. The standard InChI is InChI=1S/C24H28Cl2N2O/c1-23-7-3-4-8-24(23)9-10-28(2)22(23)12-15-11-20(21(29)14-17(15)24)27-19-13-16(25)5-6-18(19)26/h5-6,11,13-14,22,27,29H,3-4,7-10,12H2,1-2H3/t22-,23+,24+/m0/s1. The Bertz CT molecular complexity index is 978. The zero-order chi connectivity index (χ0) is 20.4. The average molecular weight is 431 g/mol. The number of phenolic OH excluding ortho intramolecular Hbond substituents is 1. The number of aromatic hydroxyl groups is 1. The first-order valence-corrected chi connectivity index (χ1v) is 11.4. The molecule has 5 heteroatoms. The van der Waals surface area contributed by atoms with Crippen LogP contribution in [0.15, 0.2) is 30.3 Å². The summed E-state index contributed by atoms with van der Waals surface area (Å²) < 4.78 is 0. The van der Waals surface area contributed by atoms with E-state index < -0.39 is 0 Å². The molecule has 2 aromatic rings. The molecule has 1 saturated carbocycles. The summed E-state index contributed by atoms with van der Waals surface area (Å²) in [5.41, 5.74) is 4.61. The summed E-state index contributed by atoms with van der Waals surface area (Å²) in [6.45, 7) is 3.64. The number of hydrogen-bond donors (Lipinski definition) is 2. The molecule has 1 aliphatic heterocycles. The van der Waals surface area contributed by atoms with Gasteiger partial charge in [-0.3, -0.25) is 0 Å². The summed E-state index contributed by atoms with van der Waals surface area (Å²) in [6, 6.07) is 10.1. The fourth-order valence-corrected chi connectivity index (χ4v) is 6.94. The van der Waals surface area contributed by atoms with Gasteiger partial charge in [0, 0.05) is 16.5 Å². The van der Waals surface area contributed by atoms with Crippen LogP contribution in [0.25, 0.3) is 0 Å². The summed E-state index contributed by atoms with van der Waals surface area (Å²) in [7, 11) is 2.28. The Morgan fingerprint density at radius 3 is 2.69 bits per heavy atom. The molecule has 0 spiro atoms. The van der Waals surface area contributed by atoms with Gasteiger partial charge in [0.25, 0.3) is 0 Å². The van der Waals surface area contributed by atoms with Crippen molar-refractivity contribution >= 4 is 34.6 Å². The van der Waals surface area contributed by atoms with Crippen molar-refractivity contribution in [3.05, 3.63) is 51.5 Å². The summed E-state index contributed by atoms with van der Waals surface area (Å²) in [4.78, 5) is 2.57. The van der Waals surface area contributed by atoms with E-state index in [9.17, 15) is 5.11 Å². The second-order valence-electron chi connectivity index (χ2n) is 9.43. The van der Waals surface area contributed by atoms with Crippen molar-refractivity contribution in [3.8, 4) is 5.75 Å². The van der Waals surface area contributed by atoms with E-state index in [2.05, 4.69) is 30.3 Å². The normalized spacial score (nSPS) is 31.1. The molecule has 29 heavy (non-hydrogen) atoms. The smallest absolute Gasteiger partial charge is 0.139 e. The number of piperidine rings is 1. The summed E-state index contributed by atoms with van der Waals surface area (Å²) in [5.74, 6) is 0.291. The fourth-order valence-electron chi connectivity index (χ4n) is 6.60. The Balaban J connectivity index is 1.61. The minimum absolute atomic E-state index is 0.180. The van der Waals surface area contributed by atoms with E-state index in [-0.39, 0.29) is 10.8 Å². The van der Waals surface area contributed by atoms with E-state index >= 15 is 0 Å². The maximum Gasteiger partial charge on any atom is 0.139 e. The van der Waals surface area contributed by atoms with Crippen LogP contribution >= 0.6 is 23.2 Å². The van der Waals surface area contributed by atoms with E-state index in [0.717, 1.165) is 13.0 Å². The third kappa shape index (κ3) is 2.81. The summed E-state index contributed by atoms with van der Waals surface area (Å²) in [6.07, 6.45) is 7.31. The van der Waals surface area contributed by atoms with Crippen LogP contribution in [0.5, 0.6) is 5.75 Å². The van der Waals surface area contributed by atoms with E-state index in [0.29, 0.717) is 33.2 Å². The highest BCUT2D eigenvalue weighted by Crippen LogP contribution is 2.63. The predicted molar refractivity (Wildman–Crippen MR) is 121 cm³/mol.